The zero-order valence-corrected chi connectivity index (χ0v) is 12.4. The van der Waals surface area contributed by atoms with Crippen LogP contribution in [0.2, 0.25) is 0 Å². The smallest absolute Gasteiger partial charge is 0.317 e. The molecule has 20 heavy (non-hydrogen) atoms. The first-order chi connectivity index (χ1) is 9.65. The summed E-state index contributed by atoms with van der Waals surface area (Å²) in [6, 6.07) is 5.74. The van der Waals surface area contributed by atoms with Crippen molar-refractivity contribution in [3.63, 3.8) is 0 Å². The molecular formula is C15H24N4O. The number of pyridine rings is 1. The SMILES string of the molecule is CC(C)CN1CCN(C(=O)NCc2ccccn2)CC1. The maximum atomic E-state index is 12.1. The van der Waals surface area contributed by atoms with E-state index in [1.807, 2.05) is 23.1 Å². The lowest BCUT2D eigenvalue weighted by molar-refractivity contribution is 0.131. The van der Waals surface area contributed by atoms with Crippen LogP contribution in [-0.4, -0.2) is 53.5 Å². The fourth-order valence-corrected chi connectivity index (χ4v) is 2.43. The third-order valence-corrected chi connectivity index (χ3v) is 3.43. The molecule has 0 radical (unpaired) electrons. The van der Waals surface area contributed by atoms with Gasteiger partial charge in [-0.15, -0.1) is 0 Å². The number of urea groups is 1. The van der Waals surface area contributed by atoms with E-state index in [2.05, 4.69) is 29.0 Å². The van der Waals surface area contributed by atoms with E-state index in [-0.39, 0.29) is 6.03 Å². The second kappa shape index (κ2) is 7.24. The number of piperazine rings is 1. The van der Waals surface area contributed by atoms with Crippen LogP contribution in [0.25, 0.3) is 0 Å². The van der Waals surface area contributed by atoms with E-state index < -0.39 is 0 Å². The molecule has 5 nitrogen and oxygen atoms in total. The molecule has 1 N–H and O–H groups in total. The normalized spacial score (nSPS) is 16.4. The molecule has 5 heteroatoms. The van der Waals surface area contributed by atoms with Gasteiger partial charge >= 0.3 is 6.03 Å². The summed E-state index contributed by atoms with van der Waals surface area (Å²) < 4.78 is 0. The first-order valence-corrected chi connectivity index (χ1v) is 7.30. The Kier molecular flexibility index (Phi) is 5.35. The van der Waals surface area contributed by atoms with Gasteiger partial charge < -0.3 is 10.2 Å². The second-order valence-corrected chi connectivity index (χ2v) is 5.66. The Balaban J connectivity index is 1.72. The molecule has 1 aliphatic heterocycles. The molecule has 1 fully saturated rings. The quantitative estimate of drug-likeness (QED) is 0.908. The van der Waals surface area contributed by atoms with Crippen molar-refractivity contribution in [2.75, 3.05) is 32.7 Å². The van der Waals surface area contributed by atoms with Gasteiger partial charge in [-0.2, -0.15) is 0 Å². The third-order valence-electron chi connectivity index (χ3n) is 3.43. The first kappa shape index (κ1) is 14.8. The molecule has 0 aromatic carbocycles. The fraction of sp³-hybridized carbons (Fsp3) is 0.600. The molecule has 0 saturated carbocycles. The molecule has 2 amide bonds. The van der Waals surface area contributed by atoms with Gasteiger partial charge in [0.1, 0.15) is 0 Å². The number of hydrogen-bond donors (Lipinski definition) is 1. The summed E-state index contributed by atoms with van der Waals surface area (Å²) in [6.45, 7) is 9.61. The summed E-state index contributed by atoms with van der Waals surface area (Å²) in [7, 11) is 0. The molecule has 0 atom stereocenters. The molecular weight excluding hydrogens is 252 g/mol. The second-order valence-electron chi connectivity index (χ2n) is 5.66. The van der Waals surface area contributed by atoms with Crippen LogP contribution in [0.1, 0.15) is 19.5 Å². The van der Waals surface area contributed by atoms with E-state index in [0.29, 0.717) is 12.5 Å². The highest BCUT2D eigenvalue weighted by Gasteiger charge is 2.21. The van der Waals surface area contributed by atoms with Crippen molar-refractivity contribution in [3.8, 4) is 0 Å². The first-order valence-electron chi connectivity index (χ1n) is 7.30. The van der Waals surface area contributed by atoms with E-state index >= 15 is 0 Å². The third kappa shape index (κ3) is 4.49. The van der Waals surface area contributed by atoms with Crippen LogP contribution in [0.15, 0.2) is 24.4 Å². The van der Waals surface area contributed by atoms with Crippen molar-refractivity contribution in [2.24, 2.45) is 5.92 Å². The van der Waals surface area contributed by atoms with Crippen LogP contribution in [0.5, 0.6) is 0 Å². The fourth-order valence-electron chi connectivity index (χ4n) is 2.43. The highest BCUT2D eigenvalue weighted by Crippen LogP contribution is 2.05. The van der Waals surface area contributed by atoms with Crippen LogP contribution >= 0.6 is 0 Å². The van der Waals surface area contributed by atoms with Gasteiger partial charge in [-0.1, -0.05) is 19.9 Å². The summed E-state index contributed by atoms with van der Waals surface area (Å²) in [5, 5.41) is 2.93. The van der Waals surface area contributed by atoms with E-state index in [1.54, 1.807) is 6.20 Å². The summed E-state index contributed by atoms with van der Waals surface area (Å²) in [4.78, 5) is 20.6. The van der Waals surface area contributed by atoms with E-state index in [0.717, 1.165) is 38.4 Å². The predicted octanol–water partition coefficient (Wildman–Crippen LogP) is 1.56. The Labute approximate surface area is 121 Å². The topological polar surface area (TPSA) is 48.5 Å². The average molecular weight is 276 g/mol. The minimum atomic E-state index is 0.0138. The number of carbonyl (C=O) groups excluding carboxylic acids is 1. The van der Waals surface area contributed by atoms with E-state index in [9.17, 15) is 4.79 Å². The van der Waals surface area contributed by atoms with Crippen molar-refractivity contribution in [1.29, 1.82) is 0 Å². The number of aromatic nitrogens is 1. The zero-order valence-electron chi connectivity index (χ0n) is 12.4. The Morgan fingerprint density at radius 3 is 2.65 bits per heavy atom. The molecule has 2 rings (SSSR count). The van der Waals surface area contributed by atoms with Crippen LogP contribution in [0.4, 0.5) is 4.79 Å². The molecule has 0 bridgehead atoms. The highest BCUT2D eigenvalue weighted by molar-refractivity contribution is 5.74. The van der Waals surface area contributed by atoms with Crippen LogP contribution in [0.3, 0.4) is 0 Å². The molecule has 0 unspecified atom stereocenters. The van der Waals surface area contributed by atoms with Crippen LogP contribution in [-0.2, 0) is 6.54 Å². The summed E-state index contributed by atoms with van der Waals surface area (Å²) in [6.07, 6.45) is 1.74. The number of rotatable bonds is 4. The lowest BCUT2D eigenvalue weighted by Crippen LogP contribution is -2.52. The summed E-state index contributed by atoms with van der Waals surface area (Å²) in [5.74, 6) is 0.680. The van der Waals surface area contributed by atoms with Crippen LogP contribution < -0.4 is 5.32 Å². The van der Waals surface area contributed by atoms with E-state index in [1.165, 1.54) is 0 Å². The van der Waals surface area contributed by atoms with Crippen molar-refractivity contribution in [3.05, 3.63) is 30.1 Å². The maximum absolute atomic E-state index is 12.1. The predicted molar refractivity (Wildman–Crippen MR) is 79.3 cm³/mol. The largest absolute Gasteiger partial charge is 0.332 e. The van der Waals surface area contributed by atoms with Crippen molar-refractivity contribution < 1.29 is 4.79 Å². The molecule has 110 valence electrons. The van der Waals surface area contributed by atoms with Crippen molar-refractivity contribution in [2.45, 2.75) is 20.4 Å². The van der Waals surface area contributed by atoms with Gasteiger partial charge in [-0.05, 0) is 18.1 Å². The Bertz CT molecular complexity index is 413. The molecule has 1 saturated heterocycles. The maximum Gasteiger partial charge on any atom is 0.317 e. The number of hydrogen-bond acceptors (Lipinski definition) is 3. The van der Waals surface area contributed by atoms with Gasteiger partial charge in [0.15, 0.2) is 0 Å². The molecule has 2 heterocycles. The lowest BCUT2D eigenvalue weighted by atomic mass is 10.2. The van der Waals surface area contributed by atoms with Gasteiger partial charge in [-0.3, -0.25) is 9.88 Å². The molecule has 1 aromatic heterocycles. The van der Waals surface area contributed by atoms with Gasteiger partial charge in [-0.25, -0.2) is 4.79 Å². The Morgan fingerprint density at radius 1 is 1.30 bits per heavy atom. The molecule has 0 aliphatic carbocycles. The van der Waals surface area contributed by atoms with E-state index in [4.69, 9.17) is 0 Å². The Hall–Kier alpha value is -1.62. The van der Waals surface area contributed by atoms with Crippen molar-refractivity contribution >= 4 is 6.03 Å². The van der Waals surface area contributed by atoms with Gasteiger partial charge in [0, 0.05) is 38.9 Å². The number of nitrogens with one attached hydrogen (secondary N) is 1. The lowest BCUT2D eigenvalue weighted by Gasteiger charge is -2.35. The molecule has 1 aliphatic rings. The average Bonchev–Trinajstić information content (AvgIpc) is 2.46. The highest BCUT2D eigenvalue weighted by atomic mass is 16.2. The minimum absolute atomic E-state index is 0.0138. The number of amides is 2. The number of carbonyl (C=O) groups is 1. The monoisotopic (exact) mass is 276 g/mol. The van der Waals surface area contributed by atoms with Gasteiger partial charge in [0.25, 0.3) is 0 Å². The van der Waals surface area contributed by atoms with Crippen molar-refractivity contribution in [1.82, 2.24) is 20.1 Å². The Morgan fingerprint density at radius 2 is 2.05 bits per heavy atom. The standard InChI is InChI=1S/C15H24N4O/c1-13(2)12-18-7-9-19(10-8-18)15(20)17-11-14-5-3-4-6-16-14/h3-6,13H,7-12H2,1-2H3,(H,17,20). The van der Waals surface area contributed by atoms with Crippen LogP contribution in [0, 0.1) is 5.92 Å². The summed E-state index contributed by atoms with van der Waals surface area (Å²) >= 11 is 0. The van der Waals surface area contributed by atoms with Gasteiger partial charge in [0.05, 0.1) is 12.2 Å². The minimum Gasteiger partial charge on any atom is -0.332 e. The number of nitrogens with zero attached hydrogens (tertiary/aromatic N) is 3. The summed E-state index contributed by atoms with van der Waals surface area (Å²) in [5.41, 5.74) is 0.888. The molecule has 0 spiro atoms. The molecule has 1 aromatic rings. The zero-order chi connectivity index (χ0) is 14.4. The van der Waals surface area contributed by atoms with Gasteiger partial charge in [0.2, 0.25) is 0 Å².